The first-order valence-electron chi connectivity index (χ1n) is 7.86. The molecule has 2 atom stereocenters. The van der Waals surface area contributed by atoms with Gasteiger partial charge in [-0.3, -0.25) is 4.79 Å². The zero-order valence-corrected chi connectivity index (χ0v) is 12.8. The molecule has 5 nitrogen and oxygen atoms in total. The highest BCUT2D eigenvalue weighted by molar-refractivity contribution is 5.86. The number of carbonyl (C=O) groups excluding carboxylic acids is 1. The Balaban J connectivity index is 1.60. The van der Waals surface area contributed by atoms with Gasteiger partial charge in [-0.1, -0.05) is 38.0 Å². The fraction of sp³-hybridized carbons (Fsp3) is 0.471. The number of hydrogen-bond donors (Lipinski definition) is 1. The Hall–Kier alpha value is -2.17. The second-order valence-electron chi connectivity index (χ2n) is 5.96. The Morgan fingerprint density at radius 3 is 3.00 bits per heavy atom. The molecule has 0 unspecified atom stereocenters. The topological polar surface area (TPSA) is 64.1 Å². The number of fused-ring (bicyclic) bond motifs is 1. The molecule has 1 aromatic carbocycles. The van der Waals surface area contributed by atoms with Crippen LogP contribution < -0.4 is 10.1 Å². The van der Waals surface area contributed by atoms with E-state index in [9.17, 15) is 4.79 Å². The first-order valence-corrected chi connectivity index (χ1v) is 7.86. The molecule has 1 aliphatic carbocycles. The van der Waals surface area contributed by atoms with Crippen molar-refractivity contribution < 1.29 is 9.53 Å². The summed E-state index contributed by atoms with van der Waals surface area (Å²) in [7, 11) is 0. The fourth-order valence-electron chi connectivity index (χ4n) is 3.02. The maximum Gasteiger partial charge on any atom is 0.258 e. The molecule has 116 valence electrons. The van der Waals surface area contributed by atoms with Crippen LogP contribution in [0.2, 0.25) is 0 Å². The van der Waals surface area contributed by atoms with Crippen molar-refractivity contribution in [2.75, 3.05) is 6.61 Å². The normalized spacial score (nSPS) is 21.5. The molecule has 1 fully saturated rings. The predicted molar refractivity (Wildman–Crippen MR) is 84.6 cm³/mol. The van der Waals surface area contributed by atoms with Crippen molar-refractivity contribution in [1.82, 2.24) is 15.5 Å². The second kappa shape index (κ2) is 6.73. The average molecular weight is 299 g/mol. The van der Waals surface area contributed by atoms with Crippen molar-refractivity contribution in [3.8, 4) is 5.88 Å². The molecule has 1 aromatic heterocycles. The van der Waals surface area contributed by atoms with Gasteiger partial charge in [0.25, 0.3) is 5.91 Å². The van der Waals surface area contributed by atoms with Crippen molar-refractivity contribution in [3.63, 3.8) is 0 Å². The lowest BCUT2D eigenvalue weighted by atomic mass is 9.86. The highest BCUT2D eigenvalue weighted by Gasteiger charge is 2.22. The maximum atomic E-state index is 12.1. The highest BCUT2D eigenvalue weighted by Crippen LogP contribution is 2.24. The third kappa shape index (κ3) is 3.35. The van der Waals surface area contributed by atoms with Crippen LogP contribution in [0.4, 0.5) is 0 Å². The van der Waals surface area contributed by atoms with E-state index in [1.165, 1.54) is 19.3 Å². The summed E-state index contributed by atoms with van der Waals surface area (Å²) in [6, 6.07) is 7.98. The summed E-state index contributed by atoms with van der Waals surface area (Å²) in [5, 5.41) is 12.8. The number of benzene rings is 1. The molecule has 1 N–H and O–H groups in total. The van der Waals surface area contributed by atoms with Crippen LogP contribution in [0.3, 0.4) is 0 Å². The molecule has 2 aromatic rings. The maximum absolute atomic E-state index is 12.1. The molecule has 0 radical (unpaired) electrons. The fourth-order valence-corrected chi connectivity index (χ4v) is 3.02. The van der Waals surface area contributed by atoms with E-state index in [0.29, 0.717) is 11.8 Å². The molecule has 1 heterocycles. The van der Waals surface area contributed by atoms with Gasteiger partial charge in [-0.2, -0.15) is 5.10 Å². The molecule has 0 spiro atoms. The van der Waals surface area contributed by atoms with Gasteiger partial charge >= 0.3 is 0 Å². The number of rotatable bonds is 4. The van der Waals surface area contributed by atoms with Gasteiger partial charge in [0.2, 0.25) is 5.88 Å². The Morgan fingerprint density at radius 1 is 1.32 bits per heavy atom. The van der Waals surface area contributed by atoms with Crippen LogP contribution in [0.25, 0.3) is 10.8 Å². The Bertz CT molecular complexity index is 654. The lowest BCUT2D eigenvalue weighted by Gasteiger charge is -2.29. The van der Waals surface area contributed by atoms with Crippen molar-refractivity contribution in [2.45, 2.75) is 38.6 Å². The van der Waals surface area contributed by atoms with Crippen molar-refractivity contribution in [2.24, 2.45) is 5.92 Å². The van der Waals surface area contributed by atoms with Crippen molar-refractivity contribution in [1.29, 1.82) is 0 Å². The Morgan fingerprint density at radius 2 is 2.14 bits per heavy atom. The van der Waals surface area contributed by atoms with E-state index in [-0.39, 0.29) is 18.6 Å². The minimum Gasteiger partial charge on any atom is -0.466 e. The number of ether oxygens (including phenoxy) is 1. The summed E-state index contributed by atoms with van der Waals surface area (Å²) >= 11 is 0. The highest BCUT2D eigenvalue weighted by atomic mass is 16.5. The van der Waals surface area contributed by atoms with E-state index in [1.807, 2.05) is 24.3 Å². The number of hydrogen-bond acceptors (Lipinski definition) is 4. The number of aromatic nitrogens is 2. The summed E-state index contributed by atoms with van der Waals surface area (Å²) in [6.45, 7) is 2.17. The summed E-state index contributed by atoms with van der Waals surface area (Å²) in [5.41, 5.74) is 0. The third-order valence-corrected chi connectivity index (χ3v) is 4.33. The molecule has 0 saturated heterocycles. The lowest BCUT2D eigenvalue weighted by molar-refractivity contribution is -0.124. The smallest absolute Gasteiger partial charge is 0.258 e. The van der Waals surface area contributed by atoms with Gasteiger partial charge in [-0.15, -0.1) is 5.10 Å². The van der Waals surface area contributed by atoms with Crippen LogP contribution in [-0.4, -0.2) is 28.8 Å². The number of nitrogens with zero attached hydrogens (tertiary/aromatic N) is 2. The van der Waals surface area contributed by atoms with E-state index in [1.54, 1.807) is 6.20 Å². The van der Waals surface area contributed by atoms with Gasteiger partial charge in [0.1, 0.15) is 0 Å². The van der Waals surface area contributed by atoms with Gasteiger partial charge < -0.3 is 10.1 Å². The van der Waals surface area contributed by atoms with E-state index in [0.717, 1.165) is 17.2 Å². The number of carbonyl (C=O) groups is 1. The van der Waals surface area contributed by atoms with E-state index < -0.39 is 0 Å². The molecule has 0 bridgehead atoms. The van der Waals surface area contributed by atoms with Gasteiger partial charge in [0, 0.05) is 16.8 Å². The van der Waals surface area contributed by atoms with Crippen LogP contribution in [0.1, 0.15) is 32.6 Å². The van der Waals surface area contributed by atoms with Gasteiger partial charge in [-0.25, -0.2) is 0 Å². The van der Waals surface area contributed by atoms with Crippen LogP contribution in [0.5, 0.6) is 5.88 Å². The molecule has 1 amide bonds. The van der Waals surface area contributed by atoms with Crippen LogP contribution >= 0.6 is 0 Å². The number of amides is 1. The minimum atomic E-state index is -0.0894. The van der Waals surface area contributed by atoms with Crippen molar-refractivity contribution >= 4 is 16.7 Å². The molecular weight excluding hydrogens is 278 g/mol. The molecule has 22 heavy (non-hydrogen) atoms. The average Bonchev–Trinajstić information content (AvgIpc) is 2.55. The quantitative estimate of drug-likeness (QED) is 0.942. The van der Waals surface area contributed by atoms with Gasteiger partial charge in [-0.05, 0) is 24.8 Å². The zero-order chi connectivity index (χ0) is 15.4. The third-order valence-electron chi connectivity index (χ3n) is 4.33. The monoisotopic (exact) mass is 299 g/mol. The second-order valence-corrected chi connectivity index (χ2v) is 5.96. The van der Waals surface area contributed by atoms with Crippen LogP contribution in [0.15, 0.2) is 30.5 Å². The first kappa shape index (κ1) is 14.8. The summed E-state index contributed by atoms with van der Waals surface area (Å²) in [6.07, 6.45) is 6.37. The molecule has 1 aliphatic rings. The largest absolute Gasteiger partial charge is 0.466 e. The first-order chi connectivity index (χ1) is 10.7. The Labute approximate surface area is 130 Å². The summed E-state index contributed by atoms with van der Waals surface area (Å²) in [4.78, 5) is 12.1. The van der Waals surface area contributed by atoms with Crippen LogP contribution in [0, 0.1) is 5.92 Å². The van der Waals surface area contributed by atoms with Crippen molar-refractivity contribution in [3.05, 3.63) is 30.5 Å². The van der Waals surface area contributed by atoms with E-state index >= 15 is 0 Å². The van der Waals surface area contributed by atoms with E-state index in [2.05, 4.69) is 22.4 Å². The van der Waals surface area contributed by atoms with E-state index in [4.69, 9.17) is 4.74 Å². The summed E-state index contributed by atoms with van der Waals surface area (Å²) < 4.78 is 5.57. The molecule has 1 saturated carbocycles. The minimum absolute atomic E-state index is 0.0219. The van der Waals surface area contributed by atoms with Crippen LogP contribution in [-0.2, 0) is 4.79 Å². The summed E-state index contributed by atoms with van der Waals surface area (Å²) in [5.74, 6) is 0.855. The number of nitrogens with one attached hydrogen (secondary N) is 1. The zero-order valence-electron chi connectivity index (χ0n) is 12.8. The Kier molecular flexibility index (Phi) is 4.51. The lowest BCUT2D eigenvalue weighted by Crippen LogP contribution is -2.43. The molecule has 5 heteroatoms. The van der Waals surface area contributed by atoms with Gasteiger partial charge in [0.15, 0.2) is 6.61 Å². The molecule has 0 aliphatic heterocycles. The predicted octanol–water partition coefficient (Wildman–Crippen LogP) is 2.70. The molecular formula is C17H21N3O2. The standard InChI is InChI=1S/C17H21N3O2/c1-12-6-2-5-9-15(12)19-16(21)11-22-17-14-8-4-3-7-13(14)10-18-20-17/h3-4,7-8,10,12,15H,2,5-6,9,11H2,1H3,(H,19,21)/t12-,15-/m0/s1. The van der Waals surface area contributed by atoms with Gasteiger partial charge in [0.05, 0.1) is 6.20 Å². The SMILES string of the molecule is C[C@H]1CCCC[C@@H]1NC(=O)COc1nncc2ccccc12. The molecule has 3 rings (SSSR count).